The number of benzene rings is 2. The lowest BCUT2D eigenvalue weighted by molar-refractivity contribution is -0.137. The zero-order valence-corrected chi connectivity index (χ0v) is 16.5. The highest BCUT2D eigenvalue weighted by atomic mass is 127. The maximum atomic E-state index is 12.5. The standard InChI is InChI=1S/C17H18F3N3O2.HI/c1-24-13-7-8-15(25-2)14(9-13)23-16(21)22-10-11-3-5-12(6-4-11)17(18,19)20;/h3-9H,10H2,1-2H3,(H3,21,22,23);1H. The summed E-state index contributed by atoms with van der Waals surface area (Å²) < 4.78 is 47.9. The highest BCUT2D eigenvalue weighted by Gasteiger charge is 2.29. The van der Waals surface area contributed by atoms with Gasteiger partial charge in [-0.2, -0.15) is 13.2 Å². The molecule has 2 aromatic carbocycles. The third kappa shape index (κ3) is 5.97. The van der Waals surface area contributed by atoms with E-state index in [2.05, 4.69) is 10.3 Å². The molecule has 5 nitrogen and oxygen atoms in total. The number of hydrogen-bond acceptors (Lipinski definition) is 3. The number of anilines is 1. The van der Waals surface area contributed by atoms with Crippen LogP contribution in [0.1, 0.15) is 11.1 Å². The van der Waals surface area contributed by atoms with Gasteiger partial charge in [-0.15, -0.1) is 24.0 Å². The van der Waals surface area contributed by atoms with Crippen LogP contribution < -0.4 is 20.5 Å². The molecule has 142 valence electrons. The lowest BCUT2D eigenvalue weighted by Gasteiger charge is -2.12. The van der Waals surface area contributed by atoms with Crippen molar-refractivity contribution in [3.63, 3.8) is 0 Å². The Bertz CT molecular complexity index is 750. The average molecular weight is 481 g/mol. The van der Waals surface area contributed by atoms with E-state index in [4.69, 9.17) is 15.2 Å². The summed E-state index contributed by atoms with van der Waals surface area (Å²) in [5.74, 6) is 1.26. The zero-order chi connectivity index (χ0) is 18.4. The number of nitrogens with two attached hydrogens (primary N) is 1. The van der Waals surface area contributed by atoms with Gasteiger partial charge in [0.15, 0.2) is 5.96 Å². The number of nitrogens with zero attached hydrogens (tertiary/aromatic N) is 1. The van der Waals surface area contributed by atoms with E-state index in [-0.39, 0.29) is 36.5 Å². The molecular weight excluding hydrogens is 462 g/mol. The van der Waals surface area contributed by atoms with Gasteiger partial charge < -0.3 is 20.5 Å². The summed E-state index contributed by atoms with van der Waals surface area (Å²) in [5.41, 5.74) is 6.30. The quantitative estimate of drug-likeness (QED) is 0.381. The van der Waals surface area contributed by atoms with Crippen LogP contribution in [0.2, 0.25) is 0 Å². The van der Waals surface area contributed by atoms with E-state index in [1.54, 1.807) is 18.2 Å². The van der Waals surface area contributed by atoms with Crippen LogP contribution in [0.3, 0.4) is 0 Å². The van der Waals surface area contributed by atoms with Gasteiger partial charge in [0.1, 0.15) is 11.5 Å². The molecule has 0 spiro atoms. The number of rotatable bonds is 5. The fourth-order valence-electron chi connectivity index (χ4n) is 2.06. The maximum Gasteiger partial charge on any atom is 0.416 e. The fourth-order valence-corrected chi connectivity index (χ4v) is 2.06. The molecule has 0 aromatic heterocycles. The van der Waals surface area contributed by atoms with E-state index in [0.717, 1.165) is 12.1 Å². The summed E-state index contributed by atoms with van der Waals surface area (Å²) in [6, 6.07) is 9.90. The Balaban J connectivity index is 0.00000338. The van der Waals surface area contributed by atoms with Crippen molar-refractivity contribution in [3.05, 3.63) is 53.6 Å². The molecule has 0 saturated heterocycles. The number of hydrogen-bond donors (Lipinski definition) is 2. The van der Waals surface area contributed by atoms with Crippen LogP contribution in [0, 0.1) is 0 Å². The monoisotopic (exact) mass is 481 g/mol. The Labute approximate surface area is 166 Å². The maximum absolute atomic E-state index is 12.5. The molecule has 0 atom stereocenters. The third-order valence-corrected chi connectivity index (χ3v) is 3.38. The molecule has 26 heavy (non-hydrogen) atoms. The minimum absolute atomic E-state index is 0. The molecular formula is C17H19F3IN3O2. The number of nitrogens with one attached hydrogen (secondary N) is 1. The Morgan fingerprint density at radius 3 is 2.27 bits per heavy atom. The van der Waals surface area contributed by atoms with Crippen molar-refractivity contribution < 1.29 is 22.6 Å². The number of methoxy groups -OCH3 is 2. The molecule has 0 saturated carbocycles. The molecule has 9 heteroatoms. The van der Waals surface area contributed by atoms with Gasteiger partial charge in [0, 0.05) is 6.07 Å². The molecule has 0 aliphatic carbocycles. The largest absolute Gasteiger partial charge is 0.497 e. The van der Waals surface area contributed by atoms with Gasteiger partial charge in [-0.05, 0) is 29.8 Å². The lowest BCUT2D eigenvalue weighted by Crippen LogP contribution is -2.23. The lowest BCUT2D eigenvalue weighted by atomic mass is 10.1. The Morgan fingerprint density at radius 2 is 1.73 bits per heavy atom. The van der Waals surface area contributed by atoms with Gasteiger partial charge in [0.2, 0.25) is 0 Å². The van der Waals surface area contributed by atoms with E-state index in [9.17, 15) is 13.2 Å². The first kappa shape index (κ1) is 21.9. The number of halogens is 4. The van der Waals surface area contributed by atoms with Crippen molar-refractivity contribution in [1.29, 1.82) is 0 Å². The summed E-state index contributed by atoms with van der Waals surface area (Å²) in [5, 5.41) is 2.88. The fraction of sp³-hybridized carbons (Fsp3) is 0.235. The molecule has 0 unspecified atom stereocenters. The van der Waals surface area contributed by atoms with Crippen LogP contribution in [-0.2, 0) is 12.7 Å². The summed E-state index contributed by atoms with van der Waals surface area (Å²) in [4.78, 5) is 4.12. The molecule has 2 aromatic rings. The highest BCUT2D eigenvalue weighted by molar-refractivity contribution is 14.0. The summed E-state index contributed by atoms with van der Waals surface area (Å²) in [7, 11) is 3.05. The molecule has 3 N–H and O–H groups in total. The summed E-state index contributed by atoms with van der Waals surface area (Å²) in [6.07, 6.45) is -4.36. The van der Waals surface area contributed by atoms with E-state index in [0.29, 0.717) is 22.7 Å². The predicted octanol–water partition coefficient (Wildman–Crippen LogP) is 4.27. The van der Waals surface area contributed by atoms with Crippen LogP contribution in [0.15, 0.2) is 47.5 Å². The first-order chi connectivity index (χ1) is 11.8. The van der Waals surface area contributed by atoms with Crippen LogP contribution >= 0.6 is 24.0 Å². The highest BCUT2D eigenvalue weighted by Crippen LogP contribution is 2.30. The normalized spacial score (nSPS) is 11.5. The van der Waals surface area contributed by atoms with Gasteiger partial charge in [-0.25, -0.2) is 4.99 Å². The molecule has 0 aliphatic rings. The third-order valence-electron chi connectivity index (χ3n) is 3.38. The Morgan fingerprint density at radius 1 is 1.08 bits per heavy atom. The minimum Gasteiger partial charge on any atom is -0.497 e. The Hall–Kier alpha value is -2.17. The second-order valence-electron chi connectivity index (χ2n) is 5.09. The smallest absolute Gasteiger partial charge is 0.416 e. The molecule has 0 bridgehead atoms. The van der Waals surface area contributed by atoms with Gasteiger partial charge in [0.05, 0.1) is 32.0 Å². The van der Waals surface area contributed by atoms with E-state index >= 15 is 0 Å². The molecule has 2 rings (SSSR count). The van der Waals surface area contributed by atoms with Crippen LogP contribution in [0.4, 0.5) is 18.9 Å². The van der Waals surface area contributed by atoms with E-state index < -0.39 is 11.7 Å². The van der Waals surface area contributed by atoms with Crippen LogP contribution in [-0.4, -0.2) is 20.2 Å². The van der Waals surface area contributed by atoms with Gasteiger partial charge in [0.25, 0.3) is 0 Å². The molecule has 0 fully saturated rings. The SMILES string of the molecule is COc1ccc(OC)c(NC(N)=NCc2ccc(C(F)(F)F)cc2)c1.I. The molecule has 0 radical (unpaired) electrons. The van der Waals surface area contributed by atoms with Crippen LogP contribution in [0.5, 0.6) is 11.5 Å². The number of ether oxygens (including phenoxy) is 2. The zero-order valence-electron chi connectivity index (χ0n) is 14.1. The van der Waals surface area contributed by atoms with E-state index in [1.807, 2.05) is 0 Å². The Kier molecular flexibility index (Phi) is 8.00. The van der Waals surface area contributed by atoms with Crippen molar-refractivity contribution in [2.75, 3.05) is 19.5 Å². The van der Waals surface area contributed by atoms with E-state index in [1.165, 1.54) is 26.4 Å². The number of aliphatic imine (C=N–C) groups is 1. The second kappa shape index (κ2) is 9.51. The van der Waals surface area contributed by atoms with Crippen LogP contribution in [0.25, 0.3) is 0 Å². The van der Waals surface area contributed by atoms with Gasteiger partial charge >= 0.3 is 6.18 Å². The van der Waals surface area contributed by atoms with Crippen molar-refractivity contribution in [3.8, 4) is 11.5 Å². The minimum atomic E-state index is -4.36. The van der Waals surface area contributed by atoms with Crippen molar-refractivity contribution in [2.24, 2.45) is 10.7 Å². The van der Waals surface area contributed by atoms with Gasteiger partial charge in [-0.1, -0.05) is 12.1 Å². The first-order valence-electron chi connectivity index (χ1n) is 7.28. The number of guanidine groups is 1. The average Bonchev–Trinajstić information content (AvgIpc) is 2.59. The molecule has 0 aliphatic heterocycles. The predicted molar refractivity (Wildman–Crippen MR) is 105 cm³/mol. The second-order valence-corrected chi connectivity index (χ2v) is 5.09. The summed E-state index contributed by atoms with van der Waals surface area (Å²) >= 11 is 0. The van der Waals surface area contributed by atoms with Crippen molar-refractivity contribution >= 4 is 35.6 Å². The first-order valence-corrected chi connectivity index (χ1v) is 7.28. The van der Waals surface area contributed by atoms with Gasteiger partial charge in [-0.3, -0.25) is 0 Å². The van der Waals surface area contributed by atoms with Crippen molar-refractivity contribution in [1.82, 2.24) is 0 Å². The molecule has 0 heterocycles. The topological polar surface area (TPSA) is 68.9 Å². The number of alkyl halides is 3. The van der Waals surface area contributed by atoms with Crippen molar-refractivity contribution in [2.45, 2.75) is 12.7 Å². The summed E-state index contributed by atoms with van der Waals surface area (Å²) in [6.45, 7) is 0.142. The molecule has 0 amide bonds.